The largest absolute Gasteiger partial charge is 0.329 e. The van der Waals surface area contributed by atoms with Crippen molar-refractivity contribution in [3.05, 3.63) is 35.6 Å². The molecular weight excluding hydrogens is 253 g/mol. The Morgan fingerprint density at radius 3 is 2.55 bits per heavy atom. The summed E-state index contributed by atoms with van der Waals surface area (Å²) in [4.78, 5) is 4.96. The Bertz CT molecular complexity index is 439. The maximum absolute atomic E-state index is 13.4. The van der Waals surface area contributed by atoms with E-state index in [1.54, 1.807) is 12.1 Å². The van der Waals surface area contributed by atoms with Gasteiger partial charge in [0.2, 0.25) is 0 Å². The standard InChI is InChI=1S/C16H24FN3/c17-15-3-1-2-14(10-15)16(11-18)20-8-6-19(7-9-20)12-13-4-5-13/h1-3,10,13,16H,4-9,11-12,18H2. The van der Waals surface area contributed by atoms with Crippen LogP contribution in [-0.2, 0) is 0 Å². The molecule has 1 heterocycles. The van der Waals surface area contributed by atoms with Crippen LogP contribution < -0.4 is 5.73 Å². The molecule has 1 aliphatic heterocycles. The van der Waals surface area contributed by atoms with Crippen molar-refractivity contribution in [1.29, 1.82) is 0 Å². The van der Waals surface area contributed by atoms with Gasteiger partial charge in [0.25, 0.3) is 0 Å². The summed E-state index contributed by atoms with van der Waals surface area (Å²) in [5, 5.41) is 0. The maximum Gasteiger partial charge on any atom is 0.123 e. The lowest BCUT2D eigenvalue weighted by atomic mass is 10.0. The van der Waals surface area contributed by atoms with Gasteiger partial charge in [-0.05, 0) is 36.5 Å². The fourth-order valence-corrected chi connectivity index (χ4v) is 3.13. The maximum atomic E-state index is 13.4. The average Bonchev–Trinajstić information content (AvgIpc) is 3.26. The van der Waals surface area contributed by atoms with E-state index in [-0.39, 0.29) is 11.9 Å². The van der Waals surface area contributed by atoms with E-state index >= 15 is 0 Å². The molecule has 0 radical (unpaired) electrons. The second kappa shape index (κ2) is 6.20. The molecule has 2 fully saturated rings. The summed E-state index contributed by atoms with van der Waals surface area (Å²) in [6.07, 6.45) is 2.82. The summed E-state index contributed by atoms with van der Waals surface area (Å²) < 4.78 is 13.4. The van der Waals surface area contributed by atoms with Crippen LogP contribution >= 0.6 is 0 Å². The fourth-order valence-electron chi connectivity index (χ4n) is 3.13. The van der Waals surface area contributed by atoms with Gasteiger partial charge in [0, 0.05) is 45.3 Å². The third-order valence-corrected chi connectivity index (χ3v) is 4.52. The molecule has 20 heavy (non-hydrogen) atoms. The number of hydrogen-bond donors (Lipinski definition) is 1. The zero-order valence-electron chi connectivity index (χ0n) is 12.0. The lowest BCUT2D eigenvalue weighted by Crippen LogP contribution is -2.49. The van der Waals surface area contributed by atoms with E-state index in [1.165, 1.54) is 25.5 Å². The predicted octanol–water partition coefficient (Wildman–Crippen LogP) is 1.85. The van der Waals surface area contributed by atoms with E-state index in [4.69, 9.17) is 5.73 Å². The van der Waals surface area contributed by atoms with Crippen LogP contribution in [-0.4, -0.2) is 49.1 Å². The first-order valence-corrected chi connectivity index (χ1v) is 7.68. The first kappa shape index (κ1) is 14.0. The number of nitrogens with zero attached hydrogens (tertiary/aromatic N) is 2. The summed E-state index contributed by atoms with van der Waals surface area (Å²) in [6.45, 7) is 6.11. The van der Waals surface area contributed by atoms with Gasteiger partial charge in [-0.2, -0.15) is 0 Å². The van der Waals surface area contributed by atoms with Gasteiger partial charge in [0.1, 0.15) is 5.82 Å². The fraction of sp³-hybridized carbons (Fsp3) is 0.625. The monoisotopic (exact) mass is 277 g/mol. The van der Waals surface area contributed by atoms with Crippen molar-refractivity contribution in [2.24, 2.45) is 11.7 Å². The number of benzene rings is 1. The number of rotatable bonds is 5. The van der Waals surface area contributed by atoms with Gasteiger partial charge in [-0.25, -0.2) is 4.39 Å². The van der Waals surface area contributed by atoms with Gasteiger partial charge in [-0.15, -0.1) is 0 Å². The first-order chi connectivity index (χ1) is 9.76. The van der Waals surface area contributed by atoms with Gasteiger partial charge in [-0.1, -0.05) is 12.1 Å². The van der Waals surface area contributed by atoms with Crippen LogP contribution in [0.1, 0.15) is 24.4 Å². The summed E-state index contributed by atoms with van der Waals surface area (Å²) in [7, 11) is 0. The van der Waals surface area contributed by atoms with Gasteiger partial charge in [0.15, 0.2) is 0 Å². The highest BCUT2D eigenvalue weighted by Crippen LogP contribution is 2.30. The van der Waals surface area contributed by atoms with Crippen molar-refractivity contribution < 1.29 is 4.39 Å². The van der Waals surface area contributed by atoms with Crippen molar-refractivity contribution in [2.45, 2.75) is 18.9 Å². The van der Waals surface area contributed by atoms with Crippen LogP contribution in [0.2, 0.25) is 0 Å². The van der Waals surface area contributed by atoms with E-state index in [2.05, 4.69) is 9.80 Å². The molecule has 0 amide bonds. The minimum absolute atomic E-state index is 0.147. The molecule has 2 aliphatic rings. The molecule has 3 nitrogen and oxygen atoms in total. The highest BCUT2D eigenvalue weighted by atomic mass is 19.1. The molecule has 0 bridgehead atoms. The molecule has 1 aromatic rings. The first-order valence-electron chi connectivity index (χ1n) is 7.68. The highest BCUT2D eigenvalue weighted by Gasteiger charge is 2.28. The molecule has 1 aliphatic carbocycles. The summed E-state index contributed by atoms with van der Waals surface area (Å²) in [5.74, 6) is 0.781. The van der Waals surface area contributed by atoms with Crippen LogP contribution in [0, 0.1) is 11.7 Å². The van der Waals surface area contributed by atoms with E-state index in [0.29, 0.717) is 6.54 Å². The summed E-state index contributed by atoms with van der Waals surface area (Å²) >= 11 is 0. The van der Waals surface area contributed by atoms with Gasteiger partial charge < -0.3 is 10.6 Å². The topological polar surface area (TPSA) is 32.5 Å². The minimum Gasteiger partial charge on any atom is -0.329 e. The molecule has 0 spiro atoms. The van der Waals surface area contributed by atoms with Gasteiger partial charge >= 0.3 is 0 Å². The molecule has 3 rings (SSSR count). The smallest absolute Gasteiger partial charge is 0.123 e. The lowest BCUT2D eigenvalue weighted by molar-refractivity contribution is 0.0955. The van der Waals surface area contributed by atoms with Crippen LogP contribution in [0.4, 0.5) is 4.39 Å². The Morgan fingerprint density at radius 1 is 1.20 bits per heavy atom. The lowest BCUT2D eigenvalue weighted by Gasteiger charge is -2.39. The van der Waals surface area contributed by atoms with E-state index in [0.717, 1.165) is 37.7 Å². The van der Waals surface area contributed by atoms with Crippen molar-refractivity contribution in [3.63, 3.8) is 0 Å². The molecular formula is C16H24FN3. The Labute approximate surface area is 120 Å². The predicted molar refractivity (Wildman–Crippen MR) is 78.9 cm³/mol. The van der Waals surface area contributed by atoms with Crippen molar-refractivity contribution >= 4 is 0 Å². The van der Waals surface area contributed by atoms with Crippen molar-refractivity contribution in [2.75, 3.05) is 39.3 Å². The van der Waals surface area contributed by atoms with E-state index in [1.807, 2.05) is 6.07 Å². The molecule has 0 aromatic heterocycles. The SMILES string of the molecule is NCC(c1cccc(F)c1)N1CCN(CC2CC2)CC1. The minimum atomic E-state index is -0.173. The summed E-state index contributed by atoms with van der Waals surface area (Å²) in [6, 6.07) is 7.01. The molecule has 110 valence electrons. The van der Waals surface area contributed by atoms with Gasteiger partial charge in [-0.3, -0.25) is 4.90 Å². The summed E-state index contributed by atoms with van der Waals surface area (Å²) in [5.41, 5.74) is 6.94. The van der Waals surface area contributed by atoms with Crippen molar-refractivity contribution in [3.8, 4) is 0 Å². The second-order valence-electron chi connectivity index (χ2n) is 6.09. The Kier molecular flexibility index (Phi) is 4.34. The van der Waals surface area contributed by atoms with Crippen LogP contribution in [0.25, 0.3) is 0 Å². The van der Waals surface area contributed by atoms with Crippen LogP contribution in [0.3, 0.4) is 0 Å². The number of hydrogen-bond acceptors (Lipinski definition) is 3. The van der Waals surface area contributed by atoms with E-state index in [9.17, 15) is 4.39 Å². The average molecular weight is 277 g/mol. The van der Waals surface area contributed by atoms with Crippen LogP contribution in [0.5, 0.6) is 0 Å². The molecule has 1 atom stereocenters. The van der Waals surface area contributed by atoms with Crippen molar-refractivity contribution in [1.82, 2.24) is 9.80 Å². The third kappa shape index (κ3) is 3.37. The zero-order valence-corrected chi connectivity index (χ0v) is 12.0. The Morgan fingerprint density at radius 2 is 1.95 bits per heavy atom. The van der Waals surface area contributed by atoms with Gasteiger partial charge in [0.05, 0.1) is 0 Å². The molecule has 2 N–H and O–H groups in total. The van der Waals surface area contributed by atoms with Crippen LogP contribution in [0.15, 0.2) is 24.3 Å². The highest BCUT2D eigenvalue weighted by molar-refractivity contribution is 5.20. The zero-order chi connectivity index (χ0) is 13.9. The number of halogens is 1. The normalized spacial score (nSPS) is 22.9. The quantitative estimate of drug-likeness (QED) is 0.891. The van der Waals surface area contributed by atoms with E-state index < -0.39 is 0 Å². The second-order valence-corrected chi connectivity index (χ2v) is 6.09. The molecule has 4 heteroatoms. The molecule has 1 saturated carbocycles. The molecule has 1 saturated heterocycles. The number of nitrogens with two attached hydrogens (primary N) is 1. The third-order valence-electron chi connectivity index (χ3n) is 4.52. The Balaban J connectivity index is 1.59. The molecule has 1 aromatic carbocycles. The number of piperazine rings is 1. The Hall–Kier alpha value is -0.970. The molecule has 1 unspecified atom stereocenters.